The van der Waals surface area contributed by atoms with Crippen LogP contribution in [0.4, 0.5) is 4.79 Å². The number of rotatable bonds is 6. The molecule has 2 aliphatic rings. The Morgan fingerprint density at radius 1 is 1.31 bits per heavy atom. The fourth-order valence-corrected chi connectivity index (χ4v) is 5.30. The molecule has 2 atom stereocenters. The van der Waals surface area contributed by atoms with Gasteiger partial charge in [-0.15, -0.1) is 22.7 Å². The summed E-state index contributed by atoms with van der Waals surface area (Å²) in [5.74, 6) is -0.265. The molecule has 0 unspecified atom stereocenters. The van der Waals surface area contributed by atoms with E-state index >= 15 is 0 Å². The lowest BCUT2D eigenvalue weighted by Crippen LogP contribution is -2.46. The standard InChI is InChI=1S/C18H20N2O4S2/c21-12(10-24-11-13-3-2-7-25-13)9-20-16(22)18(19-17(20)23)6-1-4-15-14(18)5-8-26-15/h2-3,5,7-8,12,21H,1,4,6,9-11H2,(H,19,23)/t12-,18-/m0/s1. The molecule has 1 spiro atoms. The summed E-state index contributed by atoms with van der Waals surface area (Å²) in [7, 11) is 0. The van der Waals surface area contributed by atoms with E-state index in [2.05, 4.69) is 5.32 Å². The second kappa shape index (κ2) is 7.11. The van der Waals surface area contributed by atoms with Crippen LogP contribution in [0.3, 0.4) is 0 Å². The first kappa shape index (κ1) is 17.7. The molecule has 1 aliphatic carbocycles. The number of aryl methyl sites for hydroxylation is 1. The number of aliphatic hydroxyl groups excluding tert-OH is 1. The van der Waals surface area contributed by atoms with Crippen molar-refractivity contribution in [1.82, 2.24) is 10.2 Å². The predicted molar refractivity (Wildman–Crippen MR) is 99.2 cm³/mol. The van der Waals surface area contributed by atoms with E-state index in [1.165, 1.54) is 0 Å². The molecular weight excluding hydrogens is 372 g/mol. The number of fused-ring (bicyclic) bond motifs is 2. The van der Waals surface area contributed by atoms with E-state index in [0.717, 1.165) is 33.1 Å². The topological polar surface area (TPSA) is 78.9 Å². The zero-order valence-electron chi connectivity index (χ0n) is 14.1. The summed E-state index contributed by atoms with van der Waals surface area (Å²) in [6.45, 7) is 0.430. The lowest BCUT2D eigenvalue weighted by atomic mass is 9.80. The van der Waals surface area contributed by atoms with Crippen molar-refractivity contribution in [2.24, 2.45) is 0 Å². The van der Waals surface area contributed by atoms with Gasteiger partial charge in [-0.3, -0.25) is 9.69 Å². The zero-order valence-corrected chi connectivity index (χ0v) is 15.8. The highest BCUT2D eigenvalue weighted by atomic mass is 32.1. The number of hydrogen-bond acceptors (Lipinski definition) is 6. The number of thiophene rings is 2. The highest BCUT2D eigenvalue weighted by Crippen LogP contribution is 2.42. The molecular formula is C18H20N2O4S2. The number of nitrogens with one attached hydrogen (secondary N) is 1. The fraction of sp³-hybridized carbons (Fsp3) is 0.444. The van der Waals surface area contributed by atoms with Crippen molar-refractivity contribution in [3.05, 3.63) is 44.3 Å². The first-order valence-electron chi connectivity index (χ1n) is 8.59. The molecule has 0 saturated carbocycles. The number of ether oxygens (including phenoxy) is 1. The summed E-state index contributed by atoms with van der Waals surface area (Å²) in [6.07, 6.45) is 1.49. The SMILES string of the molecule is O=C1N[C@]2(CCCc3sccc32)C(=O)N1C[C@H](O)COCc1cccs1. The Kier molecular flexibility index (Phi) is 4.83. The number of imide groups is 1. The average Bonchev–Trinajstić information content (AvgIpc) is 3.34. The van der Waals surface area contributed by atoms with Crippen molar-refractivity contribution >= 4 is 34.6 Å². The van der Waals surface area contributed by atoms with Gasteiger partial charge in [-0.05, 0) is 42.2 Å². The smallest absolute Gasteiger partial charge is 0.325 e. The van der Waals surface area contributed by atoms with Gasteiger partial charge in [0.1, 0.15) is 5.54 Å². The lowest BCUT2D eigenvalue weighted by molar-refractivity contribution is -0.133. The van der Waals surface area contributed by atoms with E-state index in [1.54, 1.807) is 22.7 Å². The minimum Gasteiger partial charge on any atom is -0.389 e. The second-order valence-corrected chi connectivity index (χ2v) is 8.64. The van der Waals surface area contributed by atoms with Crippen molar-refractivity contribution < 1.29 is 19.4 Å². The molecule has 0 bridgehead atoms. The maximum atomic E-state index is 13.0. The van der Waals surface area contributed by atoms with Gasteiger partial charge in [0, 0.05) is 15.3 Å². The first-order valence-corrected chi connectivity index (χ1v) is 10.4. The molecule has 3 heterocycles. The average molecular weight is 393 g/mol. The highest BCUT2D eigenvalue weighted by Gasteiger charge is 2.54. The molecule has 8 heteroatoms. The van der Waals surface area contributed by atoms with E-state index in [4.69, 9.17) is 4.74 Å². The summed E-state index contributed by atoms with van der Waals surface area (Å²) < 4.78 is 5.49. The molecule has 3 amide bonds. The van der Waals surface area contributed by atoms with Crippen molar-refractivity contribution in [2.75, 3.05) is 13.2 Å². The molecule has 1 aliphatic heterocycles. The maximum Gasteiger partial charge on any atom is 0.325 e. The maximum absolute atomic E-state index is 13.0. The Balaban J connectivity index is 1.40. The molecule has 138 valence electrons. The molecule has 6 nitrogen and oxygen atoms in total. The van der Waals surface area contributed by atoms with E-state index in [-0.39, 0.29) is 19.1 Å². The van der Waals surface area contributed by atoms with Gasteiger partial charge in [0.25, 0.3) is 5.91 Å². The largest absolute Gasteiger partial charge is 0.389 e. The van der Waals surface area contributed by atoms with E-state index in [0.29, 0.717) is 13.0 Å². The van der Waals surface area contributed by atoms with E-state index < -0.39 is 17.7 Å². The van der Waals surface area contributed by atoms with E-state index in [1.807, 2.05) is 29.0 Å². The van der Waals surface area contributed by atoms with Crippen LogP contribution in [0.5, 0.6) is 0 Å². The van der Waals surface area contributed by atoms with E-state index in [9.17, 15) is 14.7 Å². The zero-order chi connectivity index (χ0) is 18.1. The minimum absolute atomic E-state index is 0.0592. The van der Waals surface area contributed by atoms with Crippen LogP contribution >= 0.6 is 22.7 Å². The number of hydrogen-bond donors (Lipinski definition) is 2. The Morgan fingerprint density at radius 2 is 2.19 bits per heavy atom. The van der Waals surface area contributed by atoms with Crippen LogP contribution in [-0.4, -0.2) is 41.2 Å². The van der Waals surface area contributed by atoms with Gasteiger partial charge in [-0.1, -0.05) is 6.07 Å². The number of carbonyl (C=O) groups excluding carboxylic acids is 2. The van der Waals surface area contributed by atoms with Crippen molar-refractivity contribution in [3.8, 4) is 0 Å². The molecule has 0 aromatic carbocycles. The summed E-state index contributed by atoms with van der Waals surface area (Å²) >= 11 is 3.21. The van der Waals surface area contributed by atoms with Gasteiger partial charge in [0.05, 0.1) is 25.9 Å². The van der Waals surface area contributed by atoms with Crippen LogP contribution in [0, 0.1) is 0 Å². The Labute approximate surface area is 159 Å². The number of urea groups is 1. The number of amides is 3. The monoisotopic (exact) mass is 392 g/mol. The highest BCUT2D eigenvalue weighted by molar-refractivity contribution is 7.10. The minimum atomic E-state index is -0.956. The third-order valence-corrected chi connectivity index (χ3v) is 6.70. The van der Waals surface area contributed by atoms with Gasteiger partial charge in [0.15, 0.2) is 0 Å². The Morgan fingerprint density at radius 3 is 3.00 bits per heavy atom. The molecule has 1 saturated heterocycles. The summed E-state index contributed by atoms with van der Waals surface area (Å²) in [5.41, 5.74) is -0.0413. The summed E-state index contributed by atoms with van der Waals surface area (Å²) in [4.78, 5) is 28.8. The van der Waals surface area contributed by atoms with Crippen LogP contribution < -0.4 is 5.32 Å². The Bertz CT molecular complexity index is 804. The third kappa shape index (κ3) is 3.07. The summed E-state index contributed by atoms with van der Waals surface area (Å²) in [6, 6.07) is 5.39. The Hall–Kier alpha value is -1.74. The number of β-amino-alcohol motifs (C(OH)–C–C–N with tert-alkyl or cyclic N) is 1. The summed E-state index contributed by atoms with van der Waals surface area (Å²) in [5, 5.41) is 17.0. The molecule has 26 heavy (non-hydrogen) atoms. The molecule has 0 radical (unpaired) electrons. The van der Waals surface area contributed by atoms with Gasteiger partial charge >= 0.3 is 6.03 Å². The van der Waals surface area contributed by atoms with Crippen molar-refractivity contribution in [1.29, 1.82) is 0 Å². The number of nitrogens with zero attached hydrogens (tertiary/aromatic N) is 1. The fourth-order valence-electron chi connectivity index (χ4n) is 3.66. The van der Waals surface area contributed by atoms with Crippen LogP contribution in [0.25, 0.3) is 0 Å². The van der Waals surface area contributed by atoms with Crippen molar-refractivity contribution in [3.63, 3.8) is 0 Å². The quantitative estimate of drug-likeness (QED) is 0.741. The molecule has 2 aromatic heterocycles. The van der Waals surface area contributed by atoms with Crippen LogP contribution in [0.2, 0.25) is 0 Å². The van der Waals surface area contributed by atoms with Crippen LogP contribution in [0.1, 0.15) is 28.2 Å². The molecule has 1 fully saturated rings. The lowest BCUT2D eigenvalue weighted by Gasteiger charge is -2.31. The van der Waals surface area contributed by atoms with Gasteiger partial charge in [0.2, 0.25) is 0 Å². The van der Waals surface area contributed by atoms with Crippen LogP contribution in [0.15, 0.2) is 29.0 Å². The van der Waals surface area contributed by atoms with Gasteiger partial charge < -0.3 is 15.2 Å². The first-order chi connectivity index (χ1) is 12.6. The molecule has 4 rings (SSSR count). The normalized spacial score (nSPS) is 23.3. The molecule has 2 aromatic rings. The van der Waals surface area contributed by atoms with Crippen molar-refractivity contribution in [2.45, 2.75) is 37.5 Å². The van der Waals surface area contributed by atoms with Crippen LogP contribution in [-0.2, 0) is 28.1 Å². The third-order valence-electron chi connectivity index (χ3n) is 4.86. The van der Waals surface area contributed by atoms with Gasteiger partial charge in [-0.25, -0.2) is 4.79 Å². The second-order valence-electron chi connectivity index (χ2n) is 6.61. The molecule has 2 N–H and O–H groups in total. The van der Waals surface area contributed by atoms with Gasteiger partial charge in [-0.2, -0.15) is 0 Å². The number of carbonyl (C=O) groups is 2. The number of aliphatic hydroxyl groups is 1. The predicted octanol–water partition coefficient (Wildman–Crippen LogP) is 2.47.